The second-order valence-corrected chi connectivity index (χ2v) is 9.97. The van der Waals surface area contributed by atoms with Crippen LogP contribution >= 0.6 is 0 Å². The zero-order chi connectivity index (χ0) is 24.7. The molecule has 4 heteroatoms. The van der Waals surface area contributed by atoms with E-state index in [-0.39, 0.29) is 6.04 Å². The van der Waals surface area contributed by atoms with Gasteiger partial charge >= 0.3 is 0 Å². The van der Waals surface area contributed by atoms with Gasteiger partial charge in [0.15, 0.2) is 0 Å². The second-order valence-electron chi connectivity index (χ2n) is 9.97. The van der Waals surface area contributed by atoms with Gasteiger partial charge in [-0.1, -0.05) is 85.8 Å². The van der Waals surface area contributed by atoms with Gasteiger partial charge in [0.1, 0.15) is 18.1 Å². The molecule has 0 radical (unpaired) electrons. The van der Waals surface area contributed by atoms with Crippen LogP contribution in [0.5, 0.6) is 11.5 Å². The quantitative estimate of drug-likeness (QED) is 0.294. The lowest BCUT2D eigenvalue weighted by molar-refractivity contribution is -0.107. The molecule has 0 fully saturated rings. The van der Waals surface area contributed by atoms with Gasteiger partial charge in [0.05, 0.1) is 18.1 Å². The Balaban J connectivity index is 1.50. The summed E-state index contributed by atoms with van der Waals surface area (Å²) >= 11 is 0. The first kappa shape index (κ1) is 22.4. The minimum atomic E-state index is -0.414. The zero-order valence-electron chi connectivity index (χ0n) is 20.6. The molecule has 4 aromatic rings. The molecule has 36 heavy (non-hydrogen) atoms. The zero-order valence-corrected chi connectivity index (χ0v) is 20.6. The minimum absolute atomic E-state index is 0.259. The maximum Gasteiger partial charge on any atom is 0.214 e. The van der Waals surface area contributed by atoms with Crippen LogP contribution in [-0.2, 0) is 10.2 Å². The standard InChI is InChI=1S/C32H29NO3/c1-22-19-35-29-18-30-27(17-25(22)29)32(2,20-36-30)26-15-9-10-16-28(26)33(21-34)31(23-11-5-3-6-12-23)24-13-7-4-8-14-24/h3-18,21-22,31H,19-20H2,1-2H3. The first-order chi connectivity index (χ1) is 17.6. The summed E-state index contributed by atoms with van der Waals surface area (Å²) in [7, 11) is 0. The number of nitrogens with zero attached hydrogens (tertiary/aromatic N) is 1. The molecular formula is C32H29NO3. The molecule has 1 amide bonds. The summed E-state index contributed by atoms with van der Waals surface area (Å²) in [5.74, 6) is 2.12. The lowest BCUT2D eigenvalue weighted by Crippen LogP contribution is -2.33. The minimum Gasteiger partial charge on any atom is -0.493 e. The summed E-state index contributed by atoms with van der Waals surface area (Å²) in [5.41, 5.74) is 6.02. The summed E-state index contributed by atoms with van der Waals surface area (Å²) in [6.07, 6.45) is 0.961. The molecule has 0 aliphatic carbocycles. The van der Waals surface area contributed by atoms with E-state index in [0.29, 0.717) is 19.1 Å². The van der Waals surface area contributed by atoms with Crippen LogP contribution in [0.2, 0.25) is 0 Å². The molecule has 4 nitrogen and oxygen atoms in total. The van der Waals surface area contributed by atoms with Crippen molar-refractivity contribution >= 4 is 12.1 Å². The first-order valence-corrected chi connectivity index (χ1v) is 12.5. The van der Waals surface area contributed by atoms with E-state index < -0.39 is 5.41 Å². The lowest BCUT2D eigenvalue weighted by Gasteiger charge is -2.34. The van der Waals surface area contributed by atoms with Crippen LogP contribution in [0.15, 0.2) is 97.1 Å². The Morgan fingerprint density at radius 3 is 2.14 bits per heavy atom. The van der Waals surface area contributed by atoms with Crippen molar-refractivity contribution in [3.63, 3.8) is 0 Å². The molecule has 0 aromatic heterocycles. The maximum absolute atomic E-state index is 12.9. The van der Waals surface area contributed by atoms with E-state index in [9.17, 15) is 4.79 Å². The molecule has 180 valence electrons. The fourth-order valence-corrected chi connectivity index (χ4v) is 5.67. The van der Waals surface area contributed by atoms with E-state index in [2.05, 4.69) is 50.2 Å². The van der Waals surface area contributed by atoms with Crippen molar-refractivity contribution in [2.45, 2.75) is 31.2 Å². The van der Waals surface area contributed by atoms with E-state index in [4.69, 9.17) is 9.47 Å². The third kappa shape index (κ3) is 3.56. The highest BCUT2D eigenvalue weighted by Crippen LogP contribution is 2.51. The average molecular weight is 476 g/mol. The maximum atomic E-state index is 12.9. The molecule has 0 saturated heterocycles. The first-order valence-electron chi connectivity index (χ1n) is 12.5. The van der Waals surface area contributed by atoms with Crippen LogP contribution in [0.25, 0.3) is 0 Å². The second kappa shape index (κ2) is 8.87. The van der Waals surface area contributed by atoms with Crippen molar-refractivity contribution in [2.75, 3.05) is 18.1 Å². The number of rotatable bonds is 6. The number of fused-ring (bicyclic) bond motifs is 2. The molecule has 2 aliphatic rings. The summed E-state index contributed by atoms with van der Waals surface area (Å²) < 4.78 is 12.1. The highest BCUT2D eigenvalue weighted by molar-refractivity contribution is 5.81. The molecule has 0 spiro atoms. The van der Waals surface area contributed by atoms with Crippen molar-refractivity contribution in [3.8, 4) is 11.5 Å². The molecule has 2 heterocycles. The Hall–Kier alpha value is -4.05. The van der Waals surface area contributed by atoms with Gasteiger partial charge in [0.25, 0.3) is 0 Å². The number of amides is 1. The predicted molar refractivity (Wildman–Crippen MR) is 142 cm³/mol. The molecule has 0 saturated carbocycles. The van der Waals surface area contributed by atoms with Gasteiger partial charge in [-0.2, -0.15) is 0 Å². The van der Waals surface area contributed by atoms with E-state index in [1.807, 2.05) is 65.6 Å². The number of ether oxygens (including phenoxy) is 2. The molecule has 4 aromatic carbocycles. The van der Waals surface area contributed by atoms with Crippen LogP contribution in [0.3, 0.4) is 0 Å². The summed E-state index contributed by atoms with van der Waals surface area (Å²) in [5, 5.41) is 0. The Bertz CT molecular complexity index is 1360. The van der Waals surface area contributed by atoms with Crippen molar-refractivity contribution in [3.05, 3.63) is 125 Å². The SMILES string of the molecule is CC1COc2cc3c(cc21)C(C)(c1ccccc1N(C=O)C(c1ccccc1)c1ccccc1)CO3. The largest absolute Gasteiger partial charge is 0.493 e. The Kier molecular flexibility index (Phi) is 5.52. The monoisotopic (exact) mass is 475 g/mol. The summed E-state index contributed by atoms with van der Waals surface area (Å²) in [6, 6.07) is 32.7. The van der Waals surface area contributed by atoms with Crippen molar-refractivity contribution in [2.24, 2.45) is 0 Å². The average Bonchev–Trinajstić information content (AvgIpc) is 3.46. The van der Waals surface area contributed by atoms with E-state index in [1.165, 1.54) is 5.56 Å². The molecule has 2 unspecified atom stereocenters. The molecule has 2 atom stereocenters. The van der Waals surface area contributed by atoms with E-state index >= 15 is 0 Å². The Morgan fingerprint density at radius 1 is 0.833 bits per heavy atom. The molecule has 0 bridgehead atoms. The molecule has 0 N–H and O–H groups in total. The number of carbonyl (C=O) groups excluding carboxylic acids is 1. The van der Waals surface area contributed by atoms with Gasteiger partial charge in [-0.15, -0.1) is 0 Å². The van der Waals surface area contributed by atoms with Gasteiger partial charge in [-0.3, -0.25) is 4.79 Å². The van der Waals surface area contributed by atoms with Gasteiger partial charge in [0, 0.05) is 28.8 Å². The van der Waals surface area contributed by atoms with Crippen LogP contribution < -0.4 is 14.4 Å². The van der Waals surface area contributed by atoms with Gasteiger partial charge in [-0.25, -0.2) is 0 Å². The lowest BCUT2D eigenvalue weighted by atomic mass is 9.76. The normalized spacial score (nSPS) is 19.8. The van der Waals surface area contributed by atoms with Crippen molar-refractivity contribution < 1.29 is 14.3 Å². The molecule has 6 rings (SSSR count). The van der Waals surface area contributed by atoms with Crippen LogP contribution in [0, 0.1) is 0 Å². The summed E-state index contributed by atoms with van der Waals surface area (Å²) in [6.45, 7) is 5.61. The highest BCUT2D eigenvalue weighted by atomic mass is 16.5. The number of para-hydroxylation sites is 1. The smallest absolute Gasteiger partial charge is 0.214 e. The molecule has 2 aliphatic heterocycles. The number of hydrogen-bond acceptors (Lipinski definition) is 3. The van der Waals surface area contributed by atoms with Crippen molar-refractivity contribution in [1.82, 2.24) is 0 Å². The van der Waals surface area contributed by atoms with Crippen LogP contribution in [0.4, 0.5) is 5.69 Å². The number of carbonyl (C=O) groups is 1. The third-order valence-electron chi connectivity index (χ3n) is 7.64. The van der Waals surface area contributed by atoms with Gasteiger partial charge < -0.3 is 14.4 Å². The van der Waals surface area contributed by atoms with E-state index in [1.54, 1.807) is 0 Å². The predicted octanol–water partition coefficient (Wildman–Crippen LogP) is 6.63. The number of anilines is 1. The Morgan fingerprint density at radius 2 is 1.47 bits per heavy atom. The molecular weight excluding hydrogens is 446 g/mol. The van der Waals surface area contributed by atoms with Crippen LogP contribution in [0.1, 0.15) is 53.6 Å². The number of hydrogen-bond donors (Lipinski definition) is 0. The van der Waals surface area contributed by atoms with Crippen LogP contribution in [-0.4, -0.2) is 19.6 Å². The topological polar surface area (TPSA) is 38.8 Å². The van der Waals surface area contributed by atoms with Crippen molar-refractivity contribution in [1.29, 1.82) is 0 Å². The third-order valence-corrected chi connectivity index (χ3v) is 7.64. The summed E-state index contributed by atoms with van der Waals surface area (Å²) in [4.78, 5) is 14.7. The highest BCUT2D eigenvalue weighted by Gasteiger charge is 2.42. The fourth-order valence-electron chi connectivity index (χ4n) is 5.67. The fraction of sp³-hybridized carbons (Fsp3) is 0.219. The number of benzene rings is 4. The van der Waals surface area contributed by atoms with E-state index in [0.717, 1.165) is 45.9 Å². The Labute approximate surface area is 212 Å². The van der Waals surface area contributed by atoms with Gasteiger partial charge in [-0.05, 0) is 35.7 Å². The van der Waals surface area contributed by atoms with Gasteiger partial charge in [0.2, 0.25) is 6.41 Å².